The summed E-state index contributed by atoms with van der Waals surface area (Å²) < 4.78 is 6.24. The third kappa shape index (κ3) is 6.14. The molecule has 0 aliphatic carbocycles. The summed E-state index contributed by atoms with van der Waals surface area (Å²) in [5.74, 6) is 0.691. The molecule has 0 saturated heterocycles. The van der Waals surface area contributed by atoms with Crippen LogP contribution in [0.1, 0.15) is 0 Å². The van der Waals surface area contributed by atoms with Gasteiger partial charge in [0.15, 0.2) is 5.82 Å². The minimum atomic E-state index is 0.691. The van der Waals surface area contributed by atoms with Crippen LogP contribution in [0.15, 0.2) is 223 Å². The molecule has 61 heavy (non-hydrogen) atoms. The Morgan fingerprint density at radius 3 is 1.62 bits per heavy atom. The summed E-state index contributed by atoms with van der Waals surface area (Å²) in [5, 5.41) is 9.84. The molecule has 0 fully saturated rings. The Labute approximate surface area is 352 Å². The predicted molar refractivity (Wildman–Crippen MR) is 254 cm³/mol. The van der Waals surface area contributed by atoms with E-state index < -0.39 is 0 Å². The van der Waals surface area contributed by atoms with Crippen LogP contribution in [0.5, 0.6) is 0 Å². The van der Waals surface area contributed by atoms with Gasteiger partial charge in [0.1, 0.15) is 11.2 Å². The van der Waals surface area contributed by atoms with Crippen LogP contribution in [0.2, 0.25) is 0 Å². The first-order valence-electron chi connectivity index (χ1n) is 20.7. The van der Waals surface area contributed by atoms with Crippen molar-refractivity contribution in [2.45, 2.75) is 0 Å². The van der Waals surface area contributed by atoms with Gasteiger partial charge in [-0.25, -0.2) is 9.97 Å². The average Bonchev–Trinajstić information content (AvgIpc) is 3.72. The van der Waals surface area contributed by atoms with Gasteiger partial charge >= 0.3 is 0 Å². The maximum absolute atomic E-state index is 6.24. The van der Waals surface area contributed by atoms with Gasteiger partial charge in [0.25, 0.3) is 0 Å². The number of fused-ring (bicyclic) bond motifs is 7. The third-order valence-corrected chi connectivity index (χ3v) is 12.1. The van der Waals surface area contributed by atoms with Gasteiger partial charge in [-0.05, 0) is 102 Å². The Kier molecular flexibility index (Phi) is 8.17. The van der Waals surface area contributed by atoms with E-state index in [1.54, 1.807) is 0 Å². The summed E-state index contributed by atoms with van der Waals surface area (Å²) in [5.41, 5.74) is 13.5. The van der Waals surface area contributed by atoms with Crippen molar-refractivity contribution in [3.05, 3.63) is 218 Å². The molecule has 3 nitrogen and oxygen atoms in total. The van der Waals surface area contributed by atoms with Crippen molar-refractivity contribution in [3.63, 3.8) is 0 Å². The monoisotopic (exact) mass is 776 g/mol. The molecule has 12 aromatic rings. The first-order valence-corrected chi connectivity index (χ1v) is 20.7. The summed E-state index contributed by atoms with van der Waals surface area (Å²) in [6, 6.07) is 77.6. The lowest BCUT2D eigenvalue weighted by Gasteiger charge is -2.14. The number of benzene rings is 10. The van der Waals surface area contributed by atoms with Crippen molar-refractivity contribution in [3.8, 4) is 67.3 Å². The maximum atomic E-state index is 6.24. The Morgan fingerprint density at radius 1 is 0.262 bits per heavy atom. The van der Waals surface area contributed by atoms with E-state index in [4.69, 9.17) is 14.4 Å². The van der Waals surface area contributed by atoms with E-state index in [9.17, 15) is 0 Å². The zero-order valence-corrected chi connectivity index (χ0v) is 33.1. The molecule has 284 valence electrons. The molecule has 0 N–H and O–H groups in total. The quantitative estimate of drug-likeness (QED) is 0.125. The summed E-state index contributed by atoms with van der Waals surface area (Å²) in [6.07, 6.45) is 0. The van der Waals surface area contributed by atoms with Crippen molar-refractivity contribution >= 4 is 54.3 Å². The van der Waals surface area contributed by atoms with Crippen molar-refractivity contribution in [1.82, 2.24) is 9.97 Å². The van der Waals surface area contributed by atoms with Gasteiger partial charge < -0.3 is 4.42 Å². The fourth-order valence-corrected chi connectivity index (χ4v) is 9.02. The van der Waals surface area contributed by atoms with Crippen LogP contribution in [-0.2, 0) is 0 Å². The Balaban J connectivity index is 0.894. The molecule has 0 spiro atoms. The summed E-state index contributed by atoms with van der Waals surface area (Å²) >= 11 is 0. The van der Waals surface area contributed by atoms with Crippen molar-refractivity contribution in [2.75, 3.05) is 0 Å². The van der Waals surface area contributed by atoms with E-state index in [1.807, 2.05) is 30.3 Å². The van der Waals surface area contributed by atoms with Crippen LogP contribution in [0, 0.1) is 0 Å². The number of furan rings is 1. The lowest BCUT2D eigenvalue weighted by Crippen LogP contribution is -1.96. The van der Waals surface area contributed by atoms with Gasteiger partial charge in [-0.2, -0.15) is 0 Å². The number of nitrogens with zero attached hydrogens (tertiary/aromatic N) is 2. The lowest BCUT2D eigenvalue weighted by atomic mass is 9.89. The van der Waals surface area contributed by atoms with Crippen LogP contribution >= 0.6 is 0 Å². The Morgan fingerprint density at radius 2 is 0.820 bits per heavy atom. The molecule has 0 unspecified atom stereocenters. The number of aromatic nitrogens is 2. The largest absolute Gasteiger partial charge is 0.456 e. The van der Waals surface area contributed by atoms with Gasteiger partial charge in [0.05, 0.1) is 11.4 Å². The minimum Gasteiger partial charge on any atom is -0.456 e. The van der Waals surface area contributed by atoms with Gasteiger partial charge in [0.2, 0.25) is 0 Å². The highest BCUT2D eigenvalue weighted by atomic mass is 16.3. The van der Waals surface area contributed by atoms with Gasteiger partial charge in [-0.3, -0.25) is 0 Å². The van der Waals surface area contributed by atoms with Crippen molar-refractivity contribution < 1.29 is 4.42 Å². The highest BCUT2D eigenvalue weighted by Crippen LogP contribution is 2.40. The van der Waals surface area contributed by atoms with Crippen LogP contribution in [0.3, 0.4) is 0 Å². The number of para-hydroxylation sites is 1. The molecule has 0 atom stereocenters. The second-order valence-electron chi connectivity index (χ2n) is 15.7. The van der Waals surface area contributed by atoms with Gasteiger partial charge in [-0.15, -0.1) is 0 Å². The molecule has 0 aliphatic heterocycles. The molecule has 10 aromatic carbocycles. The molecule has 0 saturated carbocycles. The van der Waals surface area contributed by atoms with Crippen molar-refractivity contribution in [2.24, 2.45) is 0 Å². The zero-order chi connectivity index (χ0) is 40.3. The fraction of sp³-hybridized carbons (Fsp3) is 0. The first-order chi connectivity index (χ1) is 30.2. The smallest absolute Gasteiger partial charge is 0.160 e. The molecule has 3 heteroatoms. The number of rotatable bonds is 6. The third-order valence-electron chi connectivity index (χ3n) is 12.1. The molecule has 0 bridgehead atoms. The second kappa shape index (κ2) is 14.3. The first kappa shape index (κ1) is 34.9. The summed E-state index contributed by atoms with van der Waals surface area (Å²) in [4.78, 5) is 10.3. The van der Waals surface area contributed by atoms with E-state index in [1.165, 1.54) is 43.4 Å². The van der Waals surface area contributed by atoms with Gasteiger partial charge in [0, 0.05) is 27.5 Å². The maximum Gasteiger partial charge on any atom is 0.160 e. The van der Waals surface area contributed by atoms with Gasteiger partial charge in [-0.1, -0.05) is 182 Å². The molecular formula is C58H36N2O. The molecular weight excluding hydrogens is 741 g/mol. The van der Waals surface area contributed by atoms with E-state index >= 15 is 0 Å². The second-order valence-corrected chi connectivity index (χ2v) is 15.7. The van der Waals surface area contributed by atoms with Crippen LogP contribution < -0.4 is 0 Å². The molecule has 0 amide bonds. The molecule has 0 aliphatic rings. The number of hydrogen-bond acceptors (Lipinski definition) is 3. The highest BCUT2D eigenvalue weighted by Gasteiger charge is 2.15. The summed E-state index contributed by atoms with van der Waals surface area (Å²) in [7, 11) is 0. The topological polar surface area (TPSA) is 38.9 Å². The lowest BCUT2D eigenvalue weighted by molar-refractivity contribution is 0.669. The molecule has 2 heterocycles. The molecule has 0 radical (unpaired) electrons. The Hall–Kier alpha value is -8.14. The van der Waals surface area contributed by atoms with E-state index in [-0.39, 0.29) is 0 Å². The minimum absolute atomic E-state index is 0.691. The highest BCUT2D eigenvalue weighted by molar-refractivity contribution is 6.20. The number of hydrogen-bond donors (Lipinski definition) is 0. The predicted octanol–water partition coefficient (Wildman–Crippen LogP) is 15.8. The van der Waals surface area contributed by atoms with Crippen molar-refractivity contribution in [1.29, 1.82) is 0 Å². The standard InChI is InChI=1S/C58H36N2O/c1-2-12-42(13-3-1)58-59-53(36-54(60-58)46-16-10-15-43(33-46)44-30-31-50-49-19-8-9-20-55(49)61-56(50)35-44)40-25-21-37(22-26-40)38-23-27-41(28-24-38)57-48-18-7-5-14-45(48)34-52-47-17-6-4-11-39(47)29-32-51(52)57/h1-36H. The molecule has 2 aromatic heterocycles. The van der Waals surface area contributed by atoms with Crippen LogP contribution in [0.25, 0.3) is 122 Å². The SMILES string of the molecule is c1ccc(-c2nc(-c3ccc(-c4ccc(-c5c6ccccc6cc6c5ccc5ccccc56)cc4)cc3)cc(-c3cccc(-c4ccc5c(c4)oc4ccccc45)c3)n2)cc1. The average molecular weight is 777 g/mol. The van der Waals surface area contributed by atoms with E-state index in [0.29, 0.717) is 5.82 Å². The Bertz CT molecular complexity index is 3620. The van der Waals surface area contributed by atoms with E-state index in [0.717, 1.165) is 72.3 Å². The summed E-state index contributed by atoms with van der Waals surface area (Å²) in [6.45, 7) is 0. The van der Waals surface area contributed by atoms with E-state index in [2.05, 4.69) is 188 Å². The fourth-order valence-electron chi connectivity index (χ4n) is 9.02. The van der Waals surface area contributed by atoms with Crippen LogP contribution in [-0.4, -0.2) is 9.97 Å². The zero-order valence-electron chi connectivity index (χ0n) is 33.1. The molecule has 12 rings (SSSR count). The van der Waals surface area contributed by atoms with Crippen LogP contribution in [0.4, 0.5) is 0 Å². The normalized spacial score (nSPS) is 11.6.